The summed E-state index contributed by atoms with van der Waals surface area (Å²) in [6, 6.07) is 5.43. The Morgan fingerprint density at radius 3 is 2.43 bits per heavy atom. The van der Waals surface area contributed by atoms with Crippen LogP contribution in [0.1, 0.15) is 27.0 Å². The zero-order valence-electron chi connectivity index (χ0n) is 14.0. The maximum absolute atomic E-state index is 12.8. The van der Waals surface area contributed by atoms with Crippen LogP contribution in [0.3, 0.4) is 0 Å². The SMILES string of the molecule is O=C(NCC=NOCc1ccccc1C(F)(F)F)c1cnccc1C(F)(F)F. The molecule has 0 saturated heterocycles. The zero-order chi connectivity index (χ0) is 20.8. The minimum absolute atomic E-state index is 0.138. The molecule has 1 aromatic carbocycles. The van der Waals surface area contributed by atoms with Crippen LogP contribution in [0.5, 0.6) is 0 Å². The molecule has 0 saturated carbocycles. The monoisotopic (exact) mass is 405 g/mol. The molecule has 5 nitrogen and oxygen atoms in total. The largest absolute Gasteiger partial charge is 0.417 e. The molecule has 0 aliphatic carbocycles. The van der Waals surface area contributed by atoms with Crippen molar-refractivity contribution in [3.05, 3.63) is 65.0 Å². The molecule has 1 aromatic heterocycles. The maximum atomic E-state index is 12.8. The van der Waals surface area contributed by atoms with E-state index in [1.165, 1.54) is 18.2 Å². The molecule has 0 radical (unpaired) electrons. The molecular weight excluding hydrogens is 392 g/mol. The highest BCUT2D eigenvalue weighted by molar-refractivity contribution is 5.96. The van der Waals surface area contributed by atoms with Gasteiger partial charge in [0, 0.05) is 18.0 Å². The van der Waals surface area contributed by atoms with Crippen LogP contribution in [0.15, 0.2) is 47.9 Å². The van der Waals surface area contributed by atoms with Crippen LogP contribution in [0, 0.1) is 0 Å². The van der Waals surface area contributed by atoms with Crippen molar-refractivity contribution in [3.63, 3.8) is 0 Å². The van der Waals surface area contributed by atoms with Crippen molar-refractivity contribution >= 4 is 12.1 Å². The van der Waals surface area contributed by atoms with Crippen molar-refractivity contribution in [2.45, 2.75) is 19.0 Å². The Morgan fingerprint density at radius 1 is 1.07 bits per heavy atom. The minimum atomic E-state index is -4.72. The average molecular weight is 405 g/mol. The molecule has 1 N–H and O–H groups in total. The van der Waals surface area contributed by atoms with Crippen LogP contribution in [-0.4, -0.2) is 23.7 Å². The number of benzene rings is 1. The summed E-state index contributed by atoms with van der Waals surface area (Å²) in [7, 11) is 0. The molecule has 0 fully saturated rings. The smallest absolute Gasteiger partial charge is 0.391 e. The first-order valence-corrected chi connectivity index (χ1v) is 7.69. The van der Waals surface area contributed by atoms with Crippen molar-refractivity contribution in [1.29, 1.82) is 0 Å². The summed E-state index contributed by atoms with van der Waals surface area (Å²) in [5.41, 5.74) is -2.81. The highest BCUT2D eigenvalue weighted by atomic mass is 19.4. The lowest BCUT2D eigenvalue weighted by atomic mass is 10.1. The summed E-state index contributed by atoms with van der Waals surface area (Å²) in [4.78, 5) is 20.1. The molecule has 2 aromatic rings. The van der Waals surface area contributed by atoms with E-state index in [9.17, 15) is 31.1 Å². The molecule has 1 amide bonds. The number of carbonyl (C=O) groups is 1. The number of carbonyl (C=O) groups excluding carboxylic acids is 1. The van der Waals surface area contributed by atoms with Crippen molar-refractivity contribution in [2.24, 2.45) is 5.16 Å². The fourth-order valence-corrected chi connectivity index (χ4v) is 2.18. The van der Waals surface area contributed by atoms with Gasteiger partial charge in [-0.3, -0.25) is 9.78 Å². The Bertz CT molecular complexity index is 849. The third-order valence-corrected chi connectivity index (χ3v) is 3.42. The van der Waals surface area contributed by atoms with Gasteiger partial charge in [-0.15, -0.1) is 0 Å². The highest BCUT2D eigenvalue weighted by Crippen LogP contribution is 2.32. The van der Waals surface area contributed by atoms with E-state index < -0.39 is 41.6 Å². The molecule has 2 rings (SSSR count). The van der Waals surface area contributed by atoms with Gasteiger partial charge in [-0.25, -0.2) is 0 Å². The van der Waals surface area contributed by atoms with Gasteiger partial charge in [0.1, 0.15) is 6.61 Å². The summed E-state index contributed by atoms with van der Waals surface area (Å²) >= 11 is 0. The van der Waals surface area contributed by atoms with Crippen molar-refractivity contribution < 1.29 is 36.0 Å². The first-order chi connectivity index (χ1) is 13.1. The maximum Gasteiger partial charge on any atom is 0.417 e. The molecule has 11 heteroatoms. The number of rotatable bonds is 6. The van der Waals surface area contributed by atoms with E-state index in [0.717, 1.165) is 24.7 Å². The van der Waals surface area contributed by atoms with E-state index in [1.54, 1.807) is 0 Å². The summed E-state index contributed by atoms with van der Waals surface area (Å²) < 4.78 is 77.0. The molecule has 0 atom stereocenters. The molecule has 0 bridgehead atoms. The summed E-state index contributed by atoms with van der Waals surface area (Å²) in [5.74, 6) is -1.03. The van der Waals surface area contributed by atoms with E-state index >= 15 is 0 Å². The topological polar surface area (TPSA) is 63.6 Å². The Labute approximate surface area is 155 Å². The number of alkyl halides is 6. The first kappa shape index (κ1) is 21.2. The number of halogens is 6. The van der Waals surface area contributed by atoms with Gasteiger partial charge in [0.15, 0.2) is 0 Å². The predicted octanol–water partition coefficient (Wildman–Crippen LogP) is 4.05. The van der Waals surface area contributed by atoms with Crippen LogP contribution in [0.25, 0.3) is 0 Å². The fourth-order valence-electron chi connectivity index (χ4n) is 2.18. The summed E-state index contributed by atoms with van der Waals surface area (Å²) in [6.45, 7) is -0.771. The molecule has 150 valence electrons. The van der Waals surface area contributed by atoms with E-state index in [4.69, 9.17) is 4.84 Å². The van der Waals surface area contributed by atoms with Gasteiger partial charge in [-0.05, 0) is 12.1 Å². The van der Waals surface area contributed by atoms with Crippen LogP contribution < -0.4 is 5.32 Å². The van der Waals surface area contributed by atoms with Gasteiger partial charge in [0.05, 0.1) is 29.4 Å². The number of oxime groups is 1. The lowest BCUT2D eigenvalue weighted by Crippen LogP contribution is -2.28. The van der Waals surface area contributed by atoms with Crippen molar-refractivity contribution in [3.8, 4) is 0 Å². The molecule has 0 aliphatic heterocycles. The Kier molecular flexibility index (Phi) is 6.60. The summed E-state index contributed by atoms with van der Waals surface area (Å²) in [6.07, 6.45) is -6.58. The number of pyridine rings is 1. The van der Waals surface area contributed by atoms with Gasteiger partial charge >= 0.3 is 12.4 Å². The second-order valence-electron chi connectivity index (χ2n) is 5.35. The second kappa shape index (κ2) is 8.72. The first-order valence-electron chi connectivity index (χ1n) is 7.69. The van der Waals surface area contributed by atoms with Gasteiger partial charge < -0.3 is 10.2 Å². The molecule has 0 spiro atoms. The van der Waals surface area contributed by atoms with Crippen LogP contribution in [0.2, 0.25) is 0 Å². The van der Waals surface area contributed by atoms with Crippen LogP contribution >= 0.6 is 0 Å². The van der Waals surface area contributed by atoms with Crippen LogP contribution in [0.4, 0.5) is 26.3 Å². The minimum Gasteiger partial charge on any atom is -0.391 e. The molecule has 28 heavy (non-hydrogen) atoms. The van der Waals surface area contributed by atoms with Gasteiger partial charge in [-0.1, -0.05) is 23.4 Å². The standard InChI is InChI=1S/C17H13F6N3O2/c18-16(19,20)13-4-2-1-3-11(13)10-28-26-8-7-25-15(27)12-9-24-6-5-14(12)17(21,22)23/h1-6,8-9H,7,10H2,(H,25,27). The average Bonchev–Trinajstić information content (AvgIpc) is 2.63. The lowest BCUT2D eigenvalue weighted by Gasteiger charge is -2.11. The molecule has 0 unspecified atom stereocenters. The second-order valence-corrected chi connectivity index (χ2v) is 5.35. The number of amides is 1. The summed E-state index contributed by atoms with van der Waals surface area (Å²) in [5, 5.41) is 5.54. The number of hydrogen-bond acceptors (Lipinski definition) is 4. The third kappa shape index (κ3) is 5.69. The zero-order valence-corrected chi connectivity index (χ0v) is 14.0. The lowest BCUT2D eigenvalue weighted by molar-refractivity contribution is -0.139. The van der Waals surface area contributed by atoms with E-state index in [1.807, 2.05) is 0 Å². The molecular formula is C17H13F6N3O2. The van der Waals surface area contributed by atoms with E-state index in [-0.39, 0.29) is 12.1 Å². The van der Waals surface area contributed by atoms with Crippen molar-refractivity contribution in [2.75, 3.05) is 6.54 Å². The number of aromatic nitrogens is 1. The number of nitrogens with one attached hydrogen (secondary N) is 1. The van der Waals surface area contributed by atoms with Crippen LogP contribution in [-0.2, 0) is 23.8 Å². The fraction of sp³-hybridized carbons (Fsp3) is 0.235. The third-order valence-electron chi connectivity index (χ3n) is 3.42. The Morgan fingerprint density at radius 2 is 1.75 bits per heavy atom. The van der Waals surface area contributed by atoms with E-state index in [2.05, 4.69) is 15.5 Å². The predicted molar refractivity (Wildman–Crippen MR) is 86.3 cm³/mol. The van der Waals surface area contributed by atoms with Gasteiger partial charge in [-0.2, -0.15) is 26.3 Å². The van der Waals surface area contributed by atoms with E-state index in [0.29, 0.717) is 6.07 Å². The van der Waals surface area contributed by atoms with Gasteiger partial charge in [0.2, 0.25) is 0 Å². The quantitative estimate of drug-likeness (QED) is 0.448. The molecule has 1 heterocycles. The highest BCUT2D eigenvalue weighted by Gasteiger charge is 2.35. The number of nitrogens with zero attached hydrogens (tertiary/aromatic N) is 2. The molecule has 0 aliphatic rings. The number of hydrogen-bond donors (Lipinski definition) is 1. The Hall–Kier alpha value is -3.11. The normalized spacial score (nSPS) is 12.2. The van der Waals surface area contributed by atoms with Gasteiger partial charge in [0.25, 0.3) is 5.91 Å². The Balaban J connectivity index is 1.89. The van der Waals surface area contributed by atoms with Crippen molar-refractivity contribution in [1.82, 2.24) is 10.3 Å².